The Morgan fingerprint density at radius 1 is 0.895 bits per heavy atom. The van der Waals surface area contributed by atoms with Crippen LogP contribution in [0.5, 0.6) is 0 Å². The van der Waals surface area contributed by atoms with E-state index >= 15 is 0 Å². The van der Waals surface area contributed by atoms with E-state index in [1.807, 2.05) is 13.8 Å². The summed E-state index contributed by atoms with van der Waals surface area (Å²) in [7, 11) is 0. The number of rotatable bonds is 17. The first-order valence-electron chi connectivity index (χ1n) is 20.3. The van der Waals surface area contributed by atoms with E-state index < -0.39 is 71.9 Å². The molecule has 2 fully saturated rings. The average molecular weight is 816 g/mol. The number of thioether (sulfide) groups is 1. The summed E-state index contributed by atoms with van der Waals surface area (Å²) in [5.41, 5.74) is -0.346. The van der Waals surface area contributed by atoms with Crippen LogP contribution in [0, 0.1) is 11.8 Å². The molecule has 1 aliphatic heterocycles. The van der Waals surface area contributed by atoms with Crippen LogP contribution in [0.3, 0.4) is 0 Å². The highest BCUT2D eigenvalue weighted by atomic mass is 32.2. The largest absolute Gasteiger partial charge is 0.458 e. The van der Waals surface area contributed by atoms with Crippen molar-refractivity contribution in [3.05, 3.63) is 35.9 Å². The monoisotopic (exact) mass is 815 g/mol. The van der Waals surface area contributed by atoms with Crippen molar-refractivity contribution in [2.45, 2.75) is 153 Å². The molecule has 5 unspecified atom stereocenters. The zero-order valence-corrected chi connectivity index (χ0v) is 36.1. The van der Waals surface area contributed by atoms with E-state index in [1.165, 1.54) is 4.90 Å². The van der Waals surface area contributed by atoms with Gasteiger partial charge in [-0.3, -0.25) is 24.0 Å². The standard InChI is InChI=1S/C42H65N5O9S/c1-10-17-30(35(49)37(51)43-23-32(48)45-34(28-20-15-12-16-21-28)39(53)56-41(4,5)6)44-36(50)31-22-29(57-42(7,8)9)24-47(31)38(52)33(27-18-13-11-14-19-27)46-40(54)55-25-26(2)3/h12,15-16,20-21,26-27,29-31,33-34H,10-11,13-14,17-19,22-25H2,1-9H3,(H,43,51)(H,44,50)(H,45,48)(H,46,54). The molecular formula is C42H65N5O9S. The number of carbonyl (C=O) groups is 7. The van der Waals surface area contributed by atoms with Crippen molar-refractivity contribution >= 4 is 53.2 Å². The zero-order valence-electron chi connectivity index (χ0n) is 35.2. The number of Topliss-reactive ketones (excluding diaryl/α,β-unsaturated/α-hetero) is 1. The highest BCUT2D eigenvalue weighted by Crippen LogP contribution is 2.37. The highest BCUT2D eigenvalue weighted by molar-refractivity contribution is 8.01. The summed E-state index contributed by atoms with van der Waals surface area (Å²) in [5.74, 6) is -4.43. The van der Waals surface area contributed by atoms with Crippen molar-refractivity contribution in [1.29, 1.82) is 0 Å². The maximum Gasteiger partial charge on any atom is 0.407 e. The number of carbonyl (C=O) groups excluding carboxylic acids is 7. The van der Waals surface area contributed by atoms with Gasteiger partial charge in [0.2, 0.25) is 23.5 Å². The molecule has 5 atom stereocenters. The first-order valence-corrected chi connectivity index (χ1v) is 21.2. The van der Waals surface area contributed by atoms with Crippen molar-refractivity contribution < 1.29 is 43.0 Å². The highest BCUT2D eigenvalue weighted by Gasteiger charge is 2.46. The molecule has 1 aromatic carbocycles. The normalized spacial score (nSPS) is 19.2. The van der Waals surface area contributed by atoms with E-state index in [0.29, 0.717) is 18.4 Å². The second-order valence-corrected chi connectivity index (χ2v) is 19.6. The maximum absolute atomic E-state index is 14.5. The Hall–Kier alpha value is -4.14. The van der Waals surface area contributed by atoms with Crippen LogP contribution in [0.4, 0.5) is 4.79 Å². The lowest BCUT2D eigenvalue weighted by Crippen LogP contribution is -2.58. The Kier molecular flexibility index (Phi) is 17.9. The number of esters is 1. The summed E-state index contributed by atoms with van der Waals surface area (Å²) in [6, 6.07) is 4.27. The van der Waals surface area contributed by atoms with Crippen molar-refractivity contribution in [3.63, 3.8) is 0 Å². The first kappa shape index (κ1) is 47.2. The number of nitrogens with zero attached hydrogens (tertiary/aromatic N) is 1. The second-order valence-electron chi connectivity index (χ2n) is 17.4. The molecule has 1 saturated heterocycles. The lowest BCUT2D eigenvalue weighted by molar-refractivity contribution is -0.158. The molecule has 0 spiro atoms. The van der Waals surface area contributed by atoms with Crippen LogP contribution in [-0.2, 0) is 38.2 Å². The summed E-state index contributed by atoms with van der Waals surface area (Å²) < 4.78 is 10.7. The molecule has 3 rings (SSSR count). The van der Waals surface area contributed by atoms with Crippen molar-refractivity contribution in [3.8, 4) is 0 Å². The summed E-state index contributed by atoms with van der Waals surface area (Å²) in [5, 5.41) is 10.4. The van der Waals surface area contributed by atoms with E-state index in [2.05, 4.69) is 42.0 Å². The minimum Gasteiger partial charge on any atom is -0.458 e. The predicted molar refractivity (Wildman–Crippen MR) is 219 cm³/mol. The molecule has 5 amide bonds. The second kappa shape index (κ2) is 21.6. The van der Waals surface area contributed by atoms with Crippen molar-refractivity contribution in [1.82, 2.24) is 26.2 Å². The van der Waals surface area contributed by atoms with Crippen molar-refractivity contribution in [2.24, 2.45) is 11.8 Å². The lowest BCUT2D eigenvalue weighted by atomic mass is 9.83. The summed E-state index contributed by atoms with van der Waals surface area (Å²) >= 11 is 1.65. The van der Waals surface area contributed by atoms with Gasteiger partial charge in [0.05, 0.1) is 19.2 Å². The van der Waals surface area contributed by atoms with Crippen LogP contribution in [0.2, 0.25) is 0 Å². The lowest BCUT2D eigenvalue weighted by Gasteiger charge is -2.34. The van der Waals surface area contributed by atoms with Crippen LogP contribution in [0.25, 0.3) is 0 Å². The number of alkyl carbamates (subject to hydrolysis) is 1. The van der Waals surface area contributed by atoms with Gasteiger partial charge in [0.15, 0.2) is 6.04 Å². The number of ketones is 1. The number of nitrogens with one attached hydrogen (secondary N) is 4. The Labute approximate surface area is 342 Å². The third-order valence-corrected chi connectivity index (χ3v) is 10.9. The van der Waals surface area contributed by atoms with E-state index in [9.17, 15) is 33.6 Å². The minimum atomic E-state index is -1.23. The van der Waals surface area contributed by atoms with Gasteiger partial charge in [-0.25, -0.2) is 9.59 Å². The van der Waals surface area contributed by atoms with Gasteiger partial charge < -0.3 is 35.6 Å². The van der Waals surface area contributed by atoms with Crippen LogP contribution >= 0.6 is 11.8 Å². The topological polar surface area (TPSA) is 189 Å². The van der Waals surface area contributed by atoms with Gasteiger partial charge in [-0.1, -0.05) is 97.6 Å². The van der Waals surface area contributed by atoms with Gasteiger partial charge in [0.25, 0.3) is 5.91 Å². The minimum absolute atomic E-state index is 0.105. The summed E-state index contributed by atoms with van der Waals surface area (Å²) in [6.07, 6.45) is 4.60. The molecule has 0 radical (unpaired) electrons. The molecular weight excluding hydrogens is 751 g/mol. The molecule has 0 aromatic heterocycles. The van der Waals surface area contributed by atoms with Crippen LogP contribution in [0.15, 0.2) is 30.3 Å². The Morgan fingerprint density at radius 2 is 1.54 bits per heavy atom. The van der Waals surface area contributed by atoms with Crippen molar-refractivity contribution in [2.75, 3.05) is 19.7 Å². The molecule has 1 aliphatic carbocycles. The van der Waals surface area contributed by atoms with Gasteiger partial charge in [-0.15, -0.1) is 0 Å². The fraction of sp³-hybridized carbons (Fsp3) is 0.690. The molecule has 14 nitrogen and oxygen atoms in total. The number of hydrogen-bond acceptors (Lipinski definition) is 10. The quantitative estimate of drug-likeness (QED) is 0.123. The molecule has 1 aromatic rings. The third kappa shape index (κ3) is 15.6. The Bertz CT molecular complexity index is 1550. The van der Waals surface area contributed by atoms with E-state index in [0.717, 1.165) is 32.1 Å². The molecule has 0 bridgehead atoms. The molecule has 318 valence electrons. The molecule has 57 heavy (non-hydrogen) atoms. The van der Waals surface area contributed by atoms with E-state index in [1.54, 1.807) is 69.8 Å². The van der Waals surface area contributed by atoms with Gasteiger partial charge >= 0.3 is 12.1 Å². The van der Waals surface area contributed by atoms with Gasteiger partial charge in [0.1, 0.15) is 17.7 Å². The fourth-order valence-electron chi connectivity index (χ4n) is 7.04. The maximum atomic E-state index is 14.5. The molecule has 4 N–H and O–H groups in total. The van der Waals surface area contributed by atoms with E-state index in [4.69, 9.17) is 9.47 Å². The van der Waals surface area contributed by atoms with Gasteiger partial charge in [-0.2, -0.15) is 11.8 Å². The first-order chi connectivity index (χ1) is 26.7. The fourth-order valence-corrected chi connectivity index (χ4v) is 8.55. The van der Waals surface area contributed by atoms with Crippen LogP contribution in [-0.4, -0.2) is 99.8 Å². The van der Waals surface area contributed by atoms with Crippen LogP contribution in [0.1, 0.15) is 125 Å². The number of hydrogen-bond donors (Lipinski definition) is 4. The predicted octanol–water partition coefficient (Wildman–Crippen LogP) is 4.99. The number of benzene rings is 1. The molecule has 1 saturated carbocycles. The number of ether oxygens (including phenoxy) is 2. The third-order valence-electron chi connectivity index (χ3n) is 9.50. The smallest absolute Gasteiger partial charge is 0.407 e. The number of likely N-dealkylation sites (tertiary alicyclic amines) is 1. The van der Waals surface area contributed by atoms with Crippen LogP contribution < -0.4 is 21.3 Å². The van der Waals surface area contributed by atoms with E-state index in [-0.39, 0.29) is 47.3 Å². The molecule has 2 aliphatic rings. The SMILES string of the molecule is CCCC(NC(=O)C1CC(SC(C)(C)C)CN1C(=O)C(NC(=O)OCC(C)C)C1CCCCC1)C(=O)C(=O)NCC(=O)NC(C(=O)OC(C)(C)C)c1ccccc1. The number of amides is 5. The van der Waals surface area contributed by atoms with Gasteiger partial charge in [0, 0.05) is 16.5 Å². The summed E-state index contributed by atoms with van der Waals surface area (Å²) in [4.78, 5) is 95.8. The Morgan fingerprint density at radius 3 is 2.12 bits per heavy atom. The average Bonchev–Trinajstić information content (AvgIpc) is 3.55. The van der Waals surface area contributed by atoms with Gasteiger partial charge in [-0.05, 0) is 63.9 Å². The summed E-state index contributed by atoms with van der Waals surface area (Å²) in [6.45, 7) is 16.8. The molecule has 1 heterocycles. The molecule has 15 heteroatoms. The Balaban J connectivity index is 1.76. The zero-order chi connectivity index (χ0) is 42.5.